The van der Waals surface area contributed by atoms with Gasteiger partial charge in [-0.3, -0.25) is 0 Å². The van der Waals surface area contributed by atoms with Crippen molar-refractivity contribution in [2.24, 2.45) is 0 Å². The second-order valence-electron chi connectivity index (χ2n) is 15.7. The molecule has 0 atom stereocenters. The van der Waals surface area contributed by atoms with Gasteiger partial charge in [0.15, 0.2) is 0 Å². The van der Waals surface area contributed by atoms with Crippen molar-refractivity contribution in [3.8, 4) is 11.1 Å². The summed E-state index contributed by atoms with van der Waals surface area (Å²) in [6, 6.07) is 17.4. The molecular weight excluding hydrogens is 793 g/mol. The third-order valence-corrected chi connectivity index (χ3v) is 18.0. The minimum Gasteiger partial charge on any atom is -1.00 e. The van der Waals surface area contributed by atoms with Crippen LogP contribution in [0.3, 0.4) is 0 Å². The second kappa shape index (κ2) is 14.8. The summed E-state index contributed by atoms with van der Waals surface area (Å²) in [7, 11) is 0. The topological polar surface area (TPSA) is 0 Å². The number of allylic oxidation sites excluding steroid dienone is 4. The van der Waals surface area contributed by atoms with Gasteiger partial charge < -0.3 is 24.8 Å². The monoisotopic (exact) mass is 832 g/mol. The van der Waals surface area contributed by atoms with Crippen LogP contribution in [0.25, 0.3) is 11.1 Å². The van der Waals surface area contributed by atoms with Crippen LogP contribution in [0.4, 0.5) is 26.3 Å². The molecule has 9 heteroatoms. The van der Waals surface area contributed by atoms with Gasteiger partial charge in [-0.15, -0.1) is 0 Å². The quantitative estimate of drug-likeness (QED) is 0.199. The number of halogens is 8. The van der Waals surface area contributed by atoms with E-state index in [0.717, 1.165) is 33.9 Å². The average molecular weight is 835 g/mol. The molecule has 52 heavy (non-hydrogen) atoms. The normalized spacial score (nSPS) is 13.8. The van der Waals surface area contributed by atoms with Crippen molar-refractivity contribution < 1.29 is 72.4 Å². The molecule has 0 aromatic heterocycles. The molecular formula is C43H42Cl2F6Zr. The largest absolute Gasteiger partial charge is 1.00 e. The summed E-state index contributed by atoms with van der Waals surface area (Å²) in [5.41, 5.74) is 9.27. The molecule has 0 saturated carbocycles. The van der Waals surface area contributed by atoms with Crippen LogP contribution in [-0.2, 0) is 50.9 Å². The average Bonchev–Trinajstić information content (AvgIpc) is 3.66. The van der Waals surface area contributed by atoms with E-state index in [0.29, 0.717) is 17.5 Å². The van der Waals surface area contributed by atoms with Crippen LogP contribution in [0, 0.1) is 13.8 Å². The third-order valence-electron chi connectivity index (χ3n) is 10.0. The molecule has 4 aromatic rings. The molecule has 0 spiro atoms. The first-order valence-corrected chi connectivity index (χ1v) is 20.6. The second-order valence-corrected chi connectivity index (χ2v) is 21.6. The van der Waals surface area contributed by atoms with Gasteiger partial charge in [-0.25, -0.2) is 0 Å². The molecule has 0 saturated heterocycles. The van der Waals surface area contributed by atoms with Crippen molar-refractivity contribution in [1.82, 2.24) is 0 Å². The maximum absolute atomic E-state index is 13.8. The van der Waals surface area contributed by atoms with Crippen LogP contribution in [0.2, 0.25) is 0 Å². The first-order valence-electron chi connectivity index (χ1n) is 16.9. The van der Waals surface area contributed by atoms with Crippen molar-refractivity contribution in [3.63, 3.8) is 0 Å². The van der Waals surface area contributed by atoms with Crippen LogP contribution in [0.1, 0.15) is 104 Å². The van der Waals surface area contributed by atoms with Crippen LogP contribution >= 0.6 is 0 Å². The number of benzene rings is 4. The predicted octanol–water partition coefficient (Wildman–Crippen LogP) is 5.87. The Morgan fingerprint density at radius 1 is 0.635 bits per heavy atom. The Morgan fingerprint density at radius 3 is 1.54 bits per heavy atom. The van der Waals surface area contributed by atoms with Crippen molar-refractivity contribution in [1.29, 1.82) is 0 Å². The fourth-order valence-corrected chi connectivity index (χ4v) is 16.1. The summed E-state index contributed by atoms with van der Waals surface area (Å²) >= 11 is -3.43. The maximum atomic E-state index is 13.8. The van der Waals surface area contributed by atoms with Crippen LogP contribution in [0.5, 0.6) is 0 Å². The first kappa shape index (κ1) is 42.0. The summed E-state index contributed by atoms with van der Waals surface area (Å²) < 4.78 is 86.0. The van der Waals surface area contributed by atoms with Crippen molar-refractivity contribution >= 4 is 6.48 Å². The van der Waals surface area contributed by atoms with E-state index in [1.165, 1.54) is 75.3 Å². The molecule has 0 bridgehead atoms. The number of rotatable bonds is 4. The van der Waals surface area contributed by atoms with Gasteiger partial charge in [0, 0.05) is 0 Å². The SMILES string of the molecule is Cc1cc2c(cc1C(C)(C)C)-c1cc(C(C)(C)C)c(C)[c]([Zr+2]([C]3=CC=CC3)=[C](c3ccc(C(F)(F)F)cc3)c3ccc(C(F)(F)F)cc3)c1C2.[Cl-].[Cl-]. The predicted molar refractivity (Wildman–Crippen MR) is 189 cm³/mol. The molecule has 0 aliphatic heterocycles. The summed E-state index contributed by atoms with van der Waals surface area (Å²) in [4.78, 5) is 0. The zero-order valence-corrected chi connectivity index (χ0v) is 34.5. The fraction of sp³-hybridized carbons (Fsp3) is 0.326. The molecule has 0 radical (unpaired) electrons. The van der Waals surface area contributed by atoms with E-state index < -0.39 is 44.7 Å². The van der Waals surface area contributed by atoms with Gasteiger partial charge in [0.25, 0.3) is 0 Å². The van der Waals surface area contributed by atoms with Crippen molar-refractivity contribution in [2.75, 3.05) is 0 Å². The zero-order chi connectivity index (χ0) is 36.6. The van der Waals surface area contributed by atoms with E-state index >= 15 is 0 Å². The Morgan fingerprint density at radius 2 is 1.12 bits per heavy atom. The zero-order valence-electron chi connectivity index (χ0n) is 30.5. The summed E-state index contributed by atoms with van der Waals surface area (Å²) in [6.45, 7) is 17.6. The van der Waals surface area contributed by atoms with Gasteiger partial charge in [-0.2, -0.15) is 0 Å². The third kappa shape index (κ3) is 8.03. The number of fused-ring (bicyclic) bond motifs is 3. The first-order chi connectivity index (χ1) is 23.2. The van der Waals surface area contributed by atoms with Gasteiger partial charge in [-0.1, -0.05) is 0 Å². The molecule has 0 heterocycles. The van der Waals surface area contributed by atoms with Gasteiger partial charge in [-0.05, 0) is 0 Å². The Hall–Kier alpha value is -2.73. The van der Waals surface area contributed by atoms with Gasteiger partial charge in [0.05, 0.1) is 0 Å². The molecule has 0 N–H and O–H groups in total. The summed E-state index contributed by atoms with van der Waals surface area (Å²) in [6.07, 6.45) is -1.32. The summed E-state index contributed by atoms with van der Waals surface area (Å²) in [5.74, 6) is 0. The Bertz CT molecular complexity index is 2030. The minimum atomic E-state index is -4.51. The molecule has 2 aliphatic carbocycles. The molecule has 0 unspecified atom stereocenters. The van der Waals surface area contributed by atoms with Crippen molar-refractivity contribution in [2.45, 2.75) is 91.4 Å². The van der Waals surface area contributed by atoms with E-state index in [1.807, 2.05) is 6.08 Å². The number of hydrogen-bond donors (Lipinski definition) is 0. The fourth-order valence-electron chi connectivity index (χ4n) is 7.73. The summed E-state index contributed by atoms with van der Waals surface area (Å²) in [5, 5.41) is 0. The van der Waals surface area contributed by atoms with Crippen LogP contribution in [0.15, 0.2) is 88.2 Å². The van der Waals surface area contributed by atoms with Gasteiger partial charge in [0.1, 0.15) is 0 Å². The standard InChI is InChI=1S/C23H29.C15H8F6.C5H5.2ClH.Zr/c1-14-9-16-11-17-10-15(2)21(23(6,7)8)13-19(17)18(16)12-20(14)22(3,4)5;16-14(17,18)12-5-1-10(2-6-12)9-11-3-7-13(8-4-11)15(19,20)21;1-2-4-5-3-1;;;/h9,12-13H,11H2,1-8H3;1-8H;1-3H,4H2;2*1H;/q;;;;;+2/p-2. The maximum Gasteiger partial charge on any atom is -1.00 e. The molecule has 4 aromatic carbocycles. The van der Waals surface area contributed by atoms with Gasteiger partial charge >= 0.3 is 301 Å². The minimum absolute atomic E-state index is 0. The van der Waals surface area contributed by atoms with Crippen molar-refractivity contribution in [3.05, 3.63) is 144 Å². The smallest absolute Gasteiger partial charge is 1.00 e. The Labute approximate surface area is 323 Å². The number of hydrogen-bond acceptors (Lipinski definition) is 0. The van der Waals surface area contributed by atoms with E-state index in [9.17, 15) is 26.3 Å². The Balaban J connectivity index is 0.00000302. The van der Waals surface area contributed by atoms with E-state index in [4.69, 9.17) is 0 Å². The molecule has 0 nitrogen and oxygen atoms in total. The number of alkyl halides is 6. The molecule has 0 fully saturated rings. The number of aryl methyl sites for hydroxylation is 1. The molecule has 274 valence electrons. The van der Waals surface area contributed by atoms with E-state index in [2.05, 4.69) is 85.7 Å². The van der Waals surface area contributed by atoms with Crippen LogP contribution in [-0.4, -0.2) is 3.21 Å². The molecule has 2 aliphatic rings. The Kier molecular flexibility index (Phi) is 12.0. The molecule has 6 rings (SSSR count). The molecule has 0 amide bonds. The van der Waals surface area contributed by atoms with Gasteiger partial charge in [0.2, 0.25) is 0 Å². The van der Waals surface area contributed by atoms with E-state index in [-0.39, 0.29) is 35.6 Å². The van der Waals surface area contributed by atoms with Crippen LogP contribution < -0.4 is 28.1 Å². The van der Waals surface area contributed by atoms with E-state index in [1.54, 1.807) is 0 Å².